The van der Waals surface area contributed by atoms with Crippen LogP contribution in [0, 0.1) is 0 Å². The lowest BCUT2D eigenvalue weighted by Gasteiger charge is -2.28. The summed E-state index contributed by atoms with van der Waals surface area (Å²) in [4.78, 5) is 6.86. The van der Waals surface area contributed by atoms with Crippen LogP contribution in [-0.4, -0.2) is 21.7 Å². The van der Waals surface area contributed by atoms with Crippen molar-refractivity contribution < 1.29 is 0 Å². The number of aromatic nitrogens is 3. The lowest BCUT2D eigenvalue weighted by Crippen LogP contribution is -2.32. The standard InChI is InChI=1S/C20H21N5/c1-15(16-7-3-2-4-8-16)22-19-13-21-24-20(23-19)25-12-11-17-9-5-6-10-18(17)14-25/h2-10,13,15H,11-12,14H2,1H3,(H,22,23,24). The van der Waals surface area contributed by atoms with Gasteiger partial charge in [-0.1, -0.05) is 54.6 Å². The van der Waals surface area contributed by atoms with Gasteiger partial charge in [-0.3, -0.25) is 0 Å². The molecule has 0 bridgehead atoms. The molecule has 5 nitrogen and oxygen atoms in total. The highest BCUT2D eigenvalue weighted by Crippen LogP contribution is 2.23. The van der Waals surface area contributed by atoms with Gasteiger partial charge < -0.3 is 10.2 Å². The molecule has 0 saturated heterocycles. The molecule has 1 N–H and O–H groups in total. The number of hydrogen-bond donors (Lipinski definition) is 1. The molecule has 0 aliphatic carbocycles. The van der Waals surface area contributed by atoms with Crippen molar-refractivity contribution in [2.24, 2.45) is 0 Å². The highest BCUT2D eigenvalue weighted by Gasteiger charge is 2.19. The maximum Gasteiger partial charge on any atom is 0.247 e. The number of fused-ring (bicyclic) bond motifs is 1. The van der Waals surface area contributed by atoms with E-state index in [2.05, 4.69) is 68.7 Å². The van der Waals surface area contributed by atoms with Crippen LogP contribution in [0.1, 0.15) is 29.7 Å². The van der Waals surface area contributed by atoms with E-state index in [1.54, 1.807) is 6.20 Å². The molecule has 1 atom stereocenters. The second kappa shape index (κ2) is 6.89. The van der Waals surface area contributed by atoms with E-state index in [0.29, 0.717) is 5.95 Å². The van der Waals surface area contributed by atoms with Crippen molar-refractivity contribution in [3.63, 3.8) is 0 Å². The van der Waals surface area contributed by atoms with E-state index in [1.807, 2.05) is 18.2 Å². The van der Waals surface area contributed by atoms with Gasteiger partial charge in [0.1, 0.15) is 0 Å². The third kappa shape index (κ3) is 3.45. The Morgan fingerprint density at radius 2 is 1.76 bits per heavy atom. The Morgan fingerprint density at radius 1 is 1.00 bits per heavy atom. The molecule has 1 aliphatic rings. The minimum atomic E-state index is 0.160. The molecule has 4 rings (SSSR count). The van der Waals surface area contributed by atoms with Crippen LogP contribution in [0.25, 0.3) is 0 Å². The van der Waals surface area contributed by atoms with Crippen LogP contribution < -0.4 is 10.2 Å². The molecule has 5 heteroatoms. The Bertz CT molecular complexity index is 849. The van der Waals surface area contributed by atoms with Crippen LogP contribution >= 0.6 is 0 Å². The number of rotatable bonds is 4. The zero-order chi connectivity index (χ0) is 17.1. The Morgan fingerprint density at radius 3 is 2.60 bits per heavy atom. The van der Waals surface area contributed by atoms with Gasteiger partial charge in [0, 0.05) is 19.1 Å². The van der Waals surface area contributed by atoms with Gasteiger partial charge in [-0.25, -0.2) is 0 Å². The minimum absolute atomic E-state index is 0.160. The van der Waals surface area contributed by atoms with E-state index < -0.39 is 0 Å². The van der Waals surface area contributed by atoms with E-state index in [9.17, 15) is 0 Å². The fourth-order valence-corrected chi connectivity index (χ4v) is 3.21. The molecule has 0 saturated carbocycles. The summed E-state index contributed by atoms with van der Waals surface area (Å²) in [5.74, 6) is 1.43. The maximum atomic E-state index is 4.68. The molecule has 0 fully saturated rings. The molecule has 1 unspecified atom stereocenters. The summed E-state index contributed by atoms with van der Waals surface area (Å²) in [6.45, 7) is 3.86. The van der Waals surface area contributed by atoms with Crippen molar-refractivity contribution in [2.75, 3.05) is 16.8 Å². The Hall–Kier alpha value is -2.95. The molecule has 0 spiro atoms. The van der Waals surface area contributed by atoms with Gasteiger partial charge in [-0.05, 0) is 30.0 Å². The molecule has 2 heterocycles. The Labute approximate surface area is 147 Å². The first-order chi connectivity index (χ1) is 12.3. The summed E-state index contributed by atoms with van der Waals surface area (Å²) in [7, 11) is 0. The largest absolute Gasteiger partial charge is 0.362 e. The summed E-state index contributed by atoms with van der Waals surface area (Å²) in [5, 5.41) is 11.8. The second-order valence-electron chi connectivity index (χ2n) is 6.36. The SMILES string of the molecule is CC(Nc1cnnc(N2CCc3ccccc3C2)n1)c1ccccc1. The van der Waals surface area contributed by atoms with Crippen LogP contribution in [-0.2, 0) is 13.0 Å². The van der Waals surface area contributed by atoms with E-state index in [1.165, 1.54) is 16.7 Å². The van der Waals surface area contributed by atoms with Gasteiger partial charge in [0.15, 0.2) is 5.82 Å². The van der Waals surface area contributed by atoms with Gasteiger partial charge in [0.25, 0.3) is 0 Å². The van der Waals surface area contributed by atoms with Crippen LogP contribution in [0.3, 0.4) is 0 Å². The molecule has 25 heavy (non-hydrogen) atoms. The van der Waals surface area contributed by atoms with Crippen molar-refractivity contribution in [2.45, 2.75) is 25.9 Å². The quantitative estimate of drug-likeness (QED) is 0.791. The molecule has 126 valence electrons. The lowest BCUT2D eigenvalue weighted by molar-refractivity contribution is 0.696. The first kappa shape index (κ1) is 15.6. The number of anilines is 2. The number of hydrogen-bond acceptors (Lipinski definition) is 5. The van der Waals surface area contributed by atoms with Crippen LogP contribution in [0.5, 0.6) is 0 Å². The molecule has 0 amide bonds. The summed E-state index contributed by atoms with van der Waals surface area (Å²) in [6.07, 6.45) is 2.69. The summed E-state index contributed by atoms with van der Waals surface area (Å²) < 4.78 is 0. The first-order valence-electron chi connectivity index (χ1n) is 8.62. The third-order valence-corrected chi connectivity index (χ3v) is 4.63. The highest BCUT2D eigenvalue weighted by molar-refractivity contribution is 5.44. The number of nitrogens with one attached hydrogen (secondary N) is 1. The Kier molecular flexibility index (Phi) is 4.29. The fraction of sp³-hybridized carbons (Fsp3) is 0.250. The van der Waals surface area contributed by atoms with Crippen molar-refractivity contribution >= 4 is 11.8 Å². The average Bonchev–Trinajstić information content (AvgIpc) is 2.68. The predicted molar refractivity (Wildman–Crippen MR) is 99.5 cm³/mol. The summed E-state index contributed by atoms with van der Waals surface area (Å²) in [5.41, 5.74) is 3.97. The van der Waals surface area contributed by atoms with Crippen LogP contribution in [0.2, 0.25) is 0 Å². The predicted octanol–water partition coefficient (Wildman–Crippen LogP) is 3.61. The second-order valence-corrected chi connectivity index (χ2v) is 6.36. The zero-order valence-electron chi connectivity index (χ0n) is 14.3. The Balaban J connectivity index is 1.50. The molecule has 2 aromatic carbocycles. The highest BCUT2D eigenvalue weighted by atomic mass is 15.3. The van der Waals surface area contributed by atoms with Crippen molar-refractivity contribution in [3.05, 3.63) is 77.5 Å². The van der Waals surface area contributed by atoms with Gasteiger partial charge in [-0.15, -0.1) is 5.10 Å². The molecule has 3 aromatic rings. The van der Waals surface area contributed by atoms with E-state index >= 15 is 0 Å². The summed E-state index contributed by atoms with van der Waals surface area (Å²) in [6, 6.07) is 19.0. The number of nitrogens with zero attached hydrogens (tertiary/aromatic N) is 4. The molecule has 0 radical (unpaired) electrons. The van der Waals surface area contributed by atoms with Crippen molar-refractivity contribution in [1.82, 2.24) is 15.2 Å². The maximum absolute atomic E-state index is 4.68. The van der Waals surface area contributed by atoms with Gasteiger partial charge in [-0.2, -0.15) is 10.1 Å². The normalized spacial score (nSPS) is 14.7. The van der Waals surface area contributed by atoms with E-state index in [4.69, 9.17) is 0 Å². The molecule has 1 aliphatic heterocycles. The monoisotopic (exact) mass is 331 g/mol. The topological polar surface area (TPSA) is 53.9 Å². The lowest BCUT2D eigenvalue weighted by atomic mass is 10.0. The smallest absolute Gasteiger partial charge is 0.247 e. The number of benzene rings is 2. The van der Waals surface area contributed by atoms with Gasteiger partial charge >= 0.3 is 0 Å². The van der Waals surface area contributed by atoms with Crippen molar-refractivity contribution in [1.29, 1.82) is 0 Å². The average molecular weight is 331 g/mol. The van der Waals surface area contributed by atoms with E-state index in [0.717, 1.165) is 25.3 Å². The molecular weight excluding hydrogens is 310 g/mol. The van der Waals surface area contributed by atoms with Gasteiger partial charge in [0.05, 0.1) is 6.20 Å². The first-order valence-corrected chi connectivity index (χ1v) is 8.62. The fourth-order valence-electron chi connectivity index (χ4n) is 3.21. The van der Waals surface area contributed by atoms with E-state index in [-0.39, 0.29) is 6.04 Å². The van der Waals surface area contributed by atoms with Crippen LogP contribution in [0.15, 0.2) is 60.8 Å². The molecular formula is C20H21N5. The van der Waals surface area contributed by atoms with Gasteiger partial charge in [0.2, 0.25) is 5.95 Å². The van der Waals surface area contributed by atoms with Crippen LogP contribution in [0.4, 0.5) is 11.8 Å². The third-order valence-electron chi connectivity index (χ3n) is 4.63. The molecule has 1 aromatic heterocycles. The zero-order valence-corrected chi connectivity index (χ0v) is 14.3. The summed E-state index contributed by atoms with van der Waals surface area (Å²) >= 11 is 0. The van der Waals surface area contributed by atoms with Crippen molar-refractivity contribution in [3.8, 4) is 0 Å². The minimum Gasteiger partial charge on any atom is -0.362 e.